The Balaban J connectivity index is 1.57. The third-order valence-corrected chi connectivity index (χ3v) is 6.17. The molecule has 10 heteroatoms. The Morgan fingerprint density at radius 3 is 2.50 bits per heavy atom. The molecule has 0 aliphatic carbocycles. The molecule has 3 aromatic rings. The van der Waals surface area contributed by atoms with E-state index in [1.165, 1.54) is 36.4 Å². The summed E-state index contributed by atoms with van der Waals surface area (Å²) < 4.78 is 19.6. The molecule has 1 aliphatic heterocycles. The van der Waals surface area contributed by atoms with Crippen molar-refractivity contribution in [1.29, 1.82) is 0 Å². The number of anilines is 1. The van der Waals surface area contributed by atoms with Gasteiger partial charge in [0.1, 0.15) is 23.7 Å². The first-order chi connectivity index (χ1) is 16.2. The van der Waals surface area contributed by atoms with Gasteiger partial charge >= 0.3 is 6.03 Å². The van der Waals surface area contributed by atoms with Crippen molar-refractivity contribution < 1.29 is 23.5 Å². The van der Waals surface area contributed by atoms with Gasteiger partial charge in [0.05, 0.1) is 20.2 Å². The summed E-state index contributed by atoms with van der Waals surface area (Å²) in [6.07, 6.45) is 1.36. The van der Waals surface area contributed by atoms with Crippen LogP contribution in [0.1, 0.15) is 11.1 Å². The predicted molar refractivity (Wildman–Crippen MR) is 130 cm³/mol. The standard InChI is InChI=1S/C24H14BrCl2FN2O4/c25-18-10-13(4-7-21(18)34-12-14-2-1-3-15(28)8-14)9-17-22(31)29-24(33)30(23(17)32)16-5-6-19(26)20(27)11-16/h1-11H,12H2,(H,29,31,33)/b17-9+. The van der Waals surface area contributed by atoms with E-state index in [-0.39, 0.29) is 33.7 Å². The van der Waals surface area contributed by atoms with Gasteiger partial charge in [-0.15, -0.1) is 0 Å². The third-order valence-electron chi connectivity index (χ3n) is 4.81. The molecule has 1 fully saturated rings. The van der Waals surface area contributed by atoms with Crippen LogP contribution in [0.15, 0.2) is 70.7 Å². The van der Waals surface area contributed by atoms with Crippen molar-refractivity contribution in [2.45, 2.75) is 6.61 Å². The smallest absolute Gasteiger partial charge is 0.335 e. The molecule has 1 heterocycles. The highest BCUT2D eigenvalue weighted by Crippen LogP contribution is 2.31. The molecule has 3 aromatic carbocycles. The van der Waals surface area contributed by atoms with Gasteiger partial charge < -0.3 is 4.74 Å². The Labute approximate surface area is 212 Å². The van der Waals surface area contributed by atoms with E-state index in [2.05, 4.69) is 21.2 Å². The van der Waals surface area contributed by atoms with E-state index in [9.17, 15) is 18.8 Å². The molecule has 0 spiro atoms. The maximum absolute atomic E-state index is 13.3. The molecule has 4 rings (SSSR count). The van der Waals surface area contributed by atoms with E-state index in [0.717, 1.165) is 4.90 Å². The predicted octanol–water partition coefficient (Wildman–Crippen LogP) is 6.14. The number of carbonyl (C=O) groups excluding carboxylic acids is 3. The van der Waals surface area contributed by atoms with Crippen molar-refractivity contribution in [2.24, 2.45) is 0 Å². The van der Waals surface area contributed by atoms with Crippen molar-refractivity contribution in [2.75, 3.05) is 4.90 Å². The summed E-state index contributed by atoms with van der Waals surface area (Å²) in [6.45, 7) is 0.151. The van der Waals surface area contributed by atoms with Gasteiger partial charge in [0.15, 0.2) is 0 Å². The summed E-state index contributed by atoms with van der Waals surface area (Å²) >= 11 is 15.3. The molecule has 6 nitrogen and oxygen atoms in total. The normalized spacial score (nSPS) is 15.0. The molecule has 1 N–H and O–H groups in total. The quantitative estimate of drug-likeness (QED) is 0.299. The van der Waals surface area contributed by atoms with E-state index in [0.29, 0.717) is 21.3 Å². The van der Waals surface area contributed by atoms with E-state index in [1.54, 1.807) is 30.3 Å². The highest BCUT2D eigenvalue weighted by molar-refractivity contribution is 9.10. The molecule has 34 heavy (non-hydrogen) atoms. The van der Waals surface area contributed by atoms with Crippen LogP contribution in [-0.4, -0.2) is 17.8 Å². The Bertz CT molecular complexity index is 1360. The summed E-state index contributed by atoms with van der Waals surface area (Å²) in [5.41, 5.74) is 1.09. The number of benzene rings is 3. The maximum Gasteiger partial charge on any atom is 0.335 e. The van der Waals surface area contributed by atoms with E-state index >= 15 is 0 Å². The SMILES string of the molecule is O=C1NC(=O)N(c2ccc(Cl)c(Cl)c2)C(=O)/C1=C/c1ccc(OCc2cccc(F)c2)c(Br)c1. The van der Waals surface area contributed by atoms with Crippen LogP contribution in [0.5, 0.6) is 5.75 Å². The first-order valence-corrected chi connectivity index (χ1v) is 11.3. The largest absolute Gasteiger partial charge is 0.488 e. The monoisotopic (exact) mass is 562 g/mol. The van der Waals surface area contributed by atoms with E-state index in [4.69, 9.17) is 27.9 Å². The number of halogens is 4. The first kappa shape index (κ1) is 23.9. The molecule has 0 radical (unpaired) electrons. The van der Waals surface area contributed by atoms with Crippen molar-refractivity contribution >= 4 is 68.7 Å². The van der Waals surface area contributed by atoms with Crippen LogP contribution in [0.25, 0.3) is 6.08 Å². The number of nitrogens with one attached hydrogen (secondary N) is 1. The molecule has 1 saturated heterocycles. The molecule has 4 amide bonds. The number of hydrogen-bond acceptors (Lipinski definition) is 4. The second kappa shape index (κ2) is 9.97. The number of amides is 4. The van der Waals surface area contributed by atoms with Gasteiger partial charge in [-0.25, -0.2) is 14.1 Å². The first-order valence-electron chi connectivity index (χ1n) is 9.76. The van der Waals surface area contributed by atoms with Crippen LogP contribution >= 0.6 is 39.1 Å². The lowest BCUT2D eigenvalue weighted by molar-refractivity contribution is -0.122. The van der Waals surface area contributed by atoms with Gasteiger partial charge in [-0.2, -0.15) is 0 Å². The topological polar surface area (TPSA) is 75.7 Å². The van der Waals surface area contributed by atoms with E-state index in [1.807, 2.05) is 0 Å². The van der Waals surface area contributed by atoms with Crippen molar-refractivity contribution in [1.82, 2.24) is 5.32 Å². The summed E-state index contributed by atoms with van der Waals surface area (Å²) in [5.74, 6) is -1.51. The zero-order chi connectivity index (χ0) is 24.4. The van der Waals surface area contributed by atoms with Gasteiger partial charge in [0.25, 0.3) is 11.8 Å². The molecule has 0 unspecified atom stereocenters. The number of carbonyl (C=O) groups is 3. The fraction of sp³-hybridized carbons (Fsp3) is 0.0417. The minimum absolute atomic E-state index is 0.151. The molecular formula is C24H14BrCl2FN2O4. The summed E-state index contributed by atoms with van der Waals surface area (Å²) in [4.78, 5) is 38.6. The van der Waals surface area contributed by atoms with Crippen LogP contribution in [0.2, 0.25) is 10.0 Å². The van der Waals surface area contributed by atoms with Crippen LogP contribution < -0.4 is 15.0 Å². The van der Waals surface area contributed by atoms with Crippen LogP contribution in [0.3, 0.4) is 0 Å². The summed E-state index contributed by atoms with van der Waals surface area (Å²) in [7, 11) is 0. The molecule has 0 aromatic heterocycles. The lowest BCUT2D eigenvalue weighted by Crippen LogP contribution is -2.54. The second-order valence-corrected chi connectivity index (χ2v) is 8.83. The molecule has 0 saturated carbocycles. The average Bonchev–Trinajstić information content (AvgIpc) is 2.78. The lowest BCUT2D eigenvalue weighted by atomic mass is 10.1. The maximum atomic E-state index is 13.3. The van der Waals surface area contributed by atoms with Crippen LogP contribution in [0.4, 0.5) is 14.9 Å². The van der Waals surface area contributed by atoms with E-state index < -0.39 is 17.8 Å². The Kier molecular flexibility index (Phi) is 7.02. The molecule has 0 atom stereocenters. The van der Waals surface area contributed by atoms with Gasteiger partial charge in [0.2, 0.25) is 0 Å². The highest BCUT2D eigenvalue weighted by Gasteiger charge is 2.37. The molecular weight excluding hydrogens is 550 g/mol. The number of barbiturate groups is 1. The molecule has 0 bridgehead atoms. The summed E-state index contributed by atoms with van der Waals surface area (Å²) in [5, 5.41) is 2.56. The van der Waals surface area contributed by atoms with Crippen molar-refractivity contribution in [3.63, 3.8) is 0 Å². The van der Waals surface area contributed by atoms with Crippen molar-refractivity contribution in [3.8, 4) is 5.75 Å². The summed E-state index contributed by atoms with van der Waals surface area (Å²) in [6, 6.07) is 14.3. The molecule has 1 aliphatic rings. The lowest BCUT2D eigenvalue weighted by Gasteiger charge is -2.26. The zero-order valence-electron chi connectivity index (χ0n) is 17.2. The molecule has 172 valence electrons. The highest BCUT2D eigenvalue weighted by atomic mass is 79.9. The Morgan fingerprint density at radius 1 is 1.00 bits per heavy atom. The number of nitrogens with zero attached hydrogens (tertiary/aromatic N) is 1. The minimum atomic E-state index is -0.896. The minimum Gasteiger partial charge on any atom is -0.488 e. The van der Waals surface area contributed by atoms with Gasteiger partial charge in [-0.05, 0) is 75.6 Å². The Hall–Kier alpha value is -3.20. The number of hydrogen-bond donors (Lipinski definition) is 1. The zero-order valence-corrected chi connectivity index (χ0v) is 20.2. The number of ether oxygens (including phenoxy) is 1. The number of imide groups is 2. The average molecular weight is 564 g/mol. The van der Waals surface area contributed by atoms with Gasteiger partial charge in [-0.1, -0.05) is 41.4 Å². The van der Waals surface area contributed by atoms with Crippen molar-refractivity contribution in [3.05, 3.63) is 97.7 Å². The Morgan fingerprint density at radius 2 is 1.79 bits per heavy atom. The van der Waals surface area contributed by atoms with Crippen LogP contribution in [0, 0.1) is 5.82 Å². The fourth-order valence-electron chi connectivity index (χ4n) is 3.19. The number of urea groups is 1. The van der Waals surface area contributed by atoms with Gasteiger partial charge in [0, 0.05) is 0 Å². The van der Waals surface area contributed by atoms with Crippen LogP contribution in [-0.2, 0) is 16.2 Å². The third kappa shape index (κ3) is 5.14. The van der Waals surface area contributed by atoms with Gasteiger partial charge in [-0.3, -0.25) is 14.9 Å². The fourth-order valence-corrected chi connectivity index (χ4v) is 4.00. The number of rotatable bonds is 5. The second-order valence-electron chi connectivity index (χ2n) is 7.16.